The Labute approximate surface area is 130 Å². The van der Waals surface area contributed by atoms with Crippen molar-refractivity contribution in [3.63, 3.8) is 0 Å². The highest BCUT2D eigenvalue weighted by atomic mass is 16.6. The van der Waals surface area contributed by atoms with Crippen LogP contribution in [0.3, 0.4) is 0 Å². The number of amides is 4. The summed E-state index contributed by atoms with van der Waals surface area (Å²) < 4.78 is 11.0. The number of ether oxygens (including phenoxy) is 2. The molecule has 1 unspecified atom stereocenters. The van der Waals surface area contributed by atoms with E-state index in [-0.39, 0.29) is 6.61 Å². The fourth-order valence-electron chi connectivity index (χ4n) is 2.23. The van der Waals surface area contributed by atoms with Crippen molar-refractivity contribution in [3.05, 3.63) is 0 Å². The summed E-state index contributed by atoms with van der Waals surface area (Å²) in [6.07, 6.45) is 0.843. The summed E-state index contributed by atoms with van der Waals surface area (Å²) in [5.74, 6) is -0.601. The van der Waals surface area contributed by atoms with E-state index < -0.39 is 29.2 Å². The lowest BCUT2D eigenvalue weighted by atomic mass is 10.00. The van der Waals surface area contributed by atoms with Crippen LogP contribution in [0.25, 0.3) is 0 Å². The number of nitrogens with one attached hydrogen (secondary N) is 1. The van der Waals surface area contributed by atoms with E-state index in [0.29, 0.717) is 25.9 Å². The predicted octanol–water partition coefficient (Wildman–Crippen LogP) is 0.987. The maximum Gasteiger partial charge on any atom is 0.410 e. The topological polar surface area (TPSA) is 111 Å². The van der Waals surface area contributed by atoms with Gasteiger partial charge in [-0.05, 0) is 33.6 Å². The van der Waals surface area contributed by atoms with Crippen LogP contribution < -0.4 is 11.1 Å². The molecule has 1 aliphatic rings. The van der Waals surface area contributed by atoms with E-state index in [2.05, 4.69) is 0 Å². The van der Waals surface area contributed by atoms with E-state index in [1.165, 1.54) is 0 Å². The largest absolute Gasteiger partial charge is 0.444 e. The molecule has 1 atom stereocenters. The average molecular weight is 315 g/mol. The molecule has 3 N–H and O–H groups in total. The molecule has 1 rings (SSSR count). The number of hydrogen-bond acceptors (Lipinski definition) is 5. The molecule has 0 aromatic carbocycles. The van der Waals surface area contributed by atoms with Gasteiger partial charge in [-0.2, -0.15) is 0 Å². The molecule has 0 aromatic heterocycles. The summed E-state index contributed by atoms with van der Waals surface area (Å²) in [6, 6.07) is -0.916. The van der Waals surface area contributed by atoms with Crippen LogP contribution in [-0.2, 0) is 14.3 Å². The Hall–Kier alpha value is -1.83. The van der Waals surface area contributed by atoms with Crippen LogP contribution in [0.15, 0.2) is 0 Å². The van der Waals surface area contributed by atoms with Crippen molar-refractivity contribution < 1.29 is 23.9 Å². The average Bonchev–Trinajstić information content (AvgIpc) is 2.79. The monoisotopic (exact) mass is 315 g/mol. The number of primary amides is 1. The molecule has 0 saturated carbocycles. The standard InChI is InChI=1S/C14H25N3O5/c1-5-14(21-8-10(18)16-11(15)19)6-7-17(9-14)12(20)22-13(2,3)4/h5-9H2,1-4H3,(H3,15,16,18,19). The second kappa shape index (κ2) is 6.95. The molecule has 126 valence electrons. The van der Waals surface area contributed by atoms with E-state index in [0.717, 1.165) is 0 Å². The van der Waals surface area contributed by atoms with E-state index in [9.17, 15) is 14.4 Å². The second-order valence-electron chi connectivity index (χ2n) is 6.39. The highest BCUT2D eigenvalue weighted by Crippen LogP contribution is 2.29. The molecule has 4 amide bonds. The predicted molar refractivity (Wildman–Crippen MR) is 79.1 cm³/mol. The van der Waals surface area contributed by atoms with Crippen LogP contribution in [-0.4, -0.2) is 53.8 Å². The van der Waals surface area contributed by atoms with Gasteiger partial charge < -0.3 is 20.1 Å². The lowest BCUT2D eigenvalue weighted by Gasteiger charge is -2.29. The summed E-state index contributed by atoms with van der Waals surface area (Å²) in [6.45, 7) is 7.90. The Morgan fingerprint density at radius 2 is 1.95 bits per heavy atom. The second-order valence-corrected chi connectivity index (χ2v) is 6.39. The van der Waals surface area contributed by atoms with E-state index >= 15 is 0 Å². The van der Waals surface area contributed by atoms with Gasteiger partial charge in [0, 0.05) is 6.54 Å². The van der Waals surface area contributed by atoms with E-state index in [4.69, 9.17) is 15.2 Å². The zero-order valence-corrected chi connectivity index (χ0v) is 13.6. The van der Waals surface area contributed by atoms with Crippen LogP contribution in [0.4, 0.5) is 9.59 Å². The number of hydrogen-bond donors (Lipinski definition) is 2. The number of nitrogens with zero attached hydrogens (tertiary/aromatic N) is 1. The fraction of sp³-hybridized carbons (Fsp3) is 0.786. The molecule has 0 spiro atoms. The molecule has 1 saturated heterocycles. The van der Waals surface area contributed by atoms with Crippen molar-refractivity contribution in [1.29, 1.82) is 0 Å². The molecule has 1 fully saturated rings. The molecule has 0 radical (unpaired) electrons. The quantitative estimate of drug-likeness (QED) is 0.803. The third-order valence-corrected chi connectivity index (χ3v) is 3.38. The number of urea groups is 1. The number of likely N-dealkylation sites (tertiary alicyclic amines) is 1. The zero-order chi connectivity index (χ0) is 17.0. The fourth-order valence-corrected chi connectivity index (χ4v) is 2.23. The maximum atomic E-state index is 12.1. The first-order chi connectivity index (χ1) is 10.1. The van der Waals surface area contributed by atoms with Gasteiger partial charge in [0.2, 0.25) is 0 Å². The van der Waals surface area contributed by atoms with Crippen LogP contribution in [0.2, 0.25) is 0 Å². The van der Waals surface area contributed by atoms with Gasteiger partial charge in [-0.1, -0.05) is 6.92 Å². The van der Waals surface area contributed by atoms with Crippen LogP contribution >= 0.6 is 0 Å². The molecule has 0 aromatic rings. The summed E-state index contributed by atoms with van der Waals surface area (Å²) in [4.78, 5) is 35.7. The first-order valence-electron chi connectivity index (χ1n) is 7.28. The van der Waals surface area contributed by atoms with Gasteiger partial charge in [0.05, 0.1) is 12.1 Å². The summed E-state index contributed by atoms with van der Waals surface area (Å²) in [5.41, 5.74) is 3.70. The van der Waals surface area contributed by atoms with Crippen molar-refractivity contribution >= 4 is 18.0 Å². The minimum Gasteiger partial charge on any atom is -0.444 e. The molecule has 8 heteroatoms. The third kappa shape index (κ3) is 5.51. The van der Waals surface area contributed by atoms with Gasteiger partial charge in [0.25, 0.3) is 5.91 Å². The Morgan fingerprint density at radius 1 is 1.32 bits per heavy atom. The van der Waals surface area contributed by atoms with Crippen molar-refractivity contribution in [3.8, 4) is 0 Å². The lowest BCUT2D eigenvalue weighted by Crippen LogP contribution is -2.43. The molecule has 8 nitrogen and oxygen atoms in total. The first-order valence-corrected chi connectivity index (χ1v) is 7.28. The van der Waals surface area contributed by atoms with Crippen molar-refractivity contribution in [2.24, 2.45) is 5.73 Å². The maximum absolute atomic E-state index is 12.1. The molecular formula is C14H25N3O5. The normalized spacial score (nSPS) is 21.5. The molecular weight excluding hydrogens is 290 g/mol. The summed E-state index contributed by atoms with van der Waals surface area (Å²) >= 11 is 0. The number of imide groups is 1. The van der Waals surface area contributed by atoms with Gasteiger partial charge in [-0.15, -0.1) is 0 Å². The number of carbonyl (C=O) groups is 3. The van der Waals surface area contributed by atoms with Crippen LogP contribution in [0.1, 0.15) is 40.5 Å². The SMILES string of the molecule is CCC1(OCC(=O)NC(N)=O)CCN(C(=O)OC(C)(C)C)C1. The first kappa shape index (κ1) is 18.2. The minimum absolute atomic E-state index is 0.279. The Balaban J connectivity index is 2.56. The number of carbonyl (C=O) groups excluding carboxylic acids is 3. The van der Waals surface area contributed by atoms with Gasteiger partial charge in [-0.25, -0.2) is 9.59 Å². The number of nitrogens with two attached hydrogens (primary N) is 1. The van der Waals surface area contributed by atoms with Gasteiger partial charge >= 0.3 is 12.1 Å². The van der Waals surface area contributed by atoms with Gasteiger partial charge in [-0.3, -0.25) is 10.1 Å². The molecule has 0 bridgehead atoms. The molecule has 0 aliphatic carbocycles. The Bertz CT molecular complexity index is 446. The molecule has 1 heterocycles. The van der Waals surface area contributed by atoms with Gasteiger partial charge in [0.15, 0.2) is 0 Å². The van der Waals surface area contributed by atoms with Gasteiger partial charge in [0.1, 0.15) is 12.2 Å². The van der Waals surface area contributed by atoms with Crippen molar-refractivity contribution in [1.82, 2.24) is 10.2 Å². The Morgan fingerprint density at radius 3 is 2.45 bits per heavy atom. The zero-order valence-electron chi connectivity index (χ0n) is 13.6. The van der Waals surface area contributed by atoms with E-state index in [1.807, 2.05) is 12.2 Å². The minimum atomic E-state index is -0.916. The van der Waals surface area contributed by atoms with Crippen LogP contribution in [0.5, 0.6) is 0 Å². The molecule has 22 heavy (non-hydrogen) atoms. The van der Waals surface area contributed by atoms with Crippen LogP contribution in [0, 0.1) is 0 Å². The lowest BCUT2D eigenvalue weighted by molar-refractivity contribution is -0.131. The van der Waals surface area contributed by atoms with Crippen molar-refractivity contribution in [2.75, 3.05) is 19.7 Å². The molecule has 1 aliphatic heterocycles. The van der Waals surface area contributed by atoms with E-state index in [1.54, 1.807) is 25.7 Å². The summed E-state index contributed by atoms with van der Waals surface area (Å²) in [7, 11) is 0. The third-order valence-electron chi connectivity index (χ3n) is 3.38. The Kier molecular flexibility index (Phi) is 5.76. The smallest absolute Gasteiger partial charge is 0.410 e. The highest BCUT2D eigenvalue weighted by Gasteiger charge is 2.41. The van der Waals surface area contributed by atoms with Crippen molar-refractivity contribution in [2.45, 2.75) is 51.7 Å². The number of rotatable bonds is 4. The summed E-state index contributed by atoms with van der Waals surface area (Å²) in [5, 5.41) is 1.94. The highest BCUT2D eigenvalue weighted by molar-refractivity contribution is 5.94.